The zero-order valence-corrected chi connectivity index (χ0v) is 18.1. The largest absolute Gasteiger partial charge is 0.493 e. The van der Waals surface area contributed by atoms with Gasteiger partial charge in [0.1, 0.15) is 12.2 Å². The zero-order valence-electron chi connectivity index (χ0n) is 18.1. The van der Waals surface area contributed by atoms with E-state index in [1.54, 1.807) is 0 Å². The topological polar surface area (TPSA) is 114 Å². The summed E-state index contributed by atoms with van der Waals surface area (Å²) in [6.07, 6.45) is 4.53. The van der Waals surface area contributed by atoms with Crippen molar-refractivity contribution in [3.05, 3.63) is 69.3 Å². The molecule has 9 heteroatoms. The molecule has 2 aromatic rings. The van der Waals surface area contributed by atoms with Crippen LogP contribution in [0.25, 0.3) is 6.08 Å². The molecule has 1 saturated carbocycles. The summed E-state index contributed by atoms with van der Waals surface area (Å²) in [6.45, 7) is 0.176. The maximum Gasteiger partial charge on any atom is 0.348 e. The number of hydrogen-bond acceptors (Lipinski definition) is 8. The van der Waals surface area contributed by atoms with E-state index in [0.717, 1.165) is 30.9 Å². The van der Waals surface area contributed by atoms with E-state index >= 15 is 0 Å². The van der Waals surface area contributed by atoms with Crippen molar-refractivity contribution in [2.75, 3.05) is 7.11 Å². The van der Waals surface area contributed by atoms with Crippen molar-refractivity contribution in [1.29, 1.82) is 0 Å². The van der Waals surface area contributed by atoms with Crippen LogP contribution in [0.4, 0.5) is 5.69 Å². The van der Waals surface area contributed by atoms with Crippen molar-refractivity contribution in [3.63, 3.8) is 0 Å². The average molecular weight is 453 g/mol. The van der Waals surface area contributed by atoms with Crippen molar-refractivity contribution < 1.29 is 33.5 Å². The molecule has 1 aliphatic carbocycles. The van der Waals surface area contributed by atoms with Gasteiger partial charge in [0.25, 0.3) is 11.5 Å². The van der Waals surface area contributed by atoms with Crippen LogP contribution in [0.1, 0.15) is 43.2 Å². The molecular weight excluding hydrogens is 430 g/mol. The van der Waals surface area contributed by atoms with Gasteiger partial charge in [0.2, 0.25) is 0 Å². The van der Waals surface area contributed by atoms with Crippen LogP contribution in [0.15, 0.2) is 48.0 Å². The van der Waals surface area contributed by atoms with Crippen LogP contribution in [0.5, 0.6) is 11.5 Å². The van der Waals surface area contributed by atoms with Crippen molar-refractivity contribution >= 4 is 23.7 Å². The van der Waals surface area contributed by atoms with Crippen LogP contribution < -0.4 is 9.47 Å². The number of ether oxygens (including phenoxy) is 4. The number of methoxy groups -OCH3 is 1. The number of nitro groups is 1. The van der Waals surface area contributed by atoms with Crippen LogP contribution in [0.3, 0.4) is 0 Å². The molecule has 0 N–H and O–H groups in total. The van der Waals surface area contributed by atoms with E-state index in [4.69, 9.17) is 18.9 Å². The minimum absolute atomic E-state index is 0.00703. The third-order valence-corrected chi connectivity index (χ3v) is 5.66. The van der Waals surface area contributed by atoms with Gasteiger partial charge in [-0.2, -0.15) is 0 Å². The van der Waals surface area contributed by atoms with Gasteiger partial charge in [0.15, 0.2) is 11.5 Å². The Morgan fingerprint density at radius 1 is 1.03 bits per heavy atom. The number of carbonyl (C=O) groups is 2. The van der Waals surface area contributed by atoms with Gasteiger partial charge in [-0.15, -0.1) is 0 Å². The Balaban J connectivity index is 1.64. The van der Waals surface area contributed by atoms with Gasteiger partial charge >= 0.3 is 11.9 Å². The Labute approximate surface area is 190 Å². The number of nitro benzene ring substituents is 1. The smallest absolute Gasteiger partial charge is 0.348 e. The zero-order chi connectivity index (χ0) is 23.4. The maximum atomic E-state index is 12.6. The standard InChI is InChI=1S/C24H23NO8/c1-30-20-13-17(12-18-22(26)32-24(33-23(18)27)10-6-3-7-11-24)19(25(28)29)14-21(20)31-15-16-8-4-2-5-9-16/h2,4-5,8-9,12-14H,3,6-7,10-11,15H2,1H3. The van der Waals surface area contributed by atoms with Gasteiger partial charge in [-0.3, -0.25) is 10.1 Å². The minimum atomic E-state index is -1.23. The van der Waals surface area contributed by atoms with Gasteiger partial charge in [-0.1, -0.05) is 36.8 Å². The Bertz CT molecular complexity index is 1080. The van der Waals surface area contributed by atoms with Crippen molar-refractivity contribution in [2.45, 2.75) is 44.5 Å². The molecule has 1 heterocycles. The minimum Gasteiger partial charge on any atom is -0.493 e. The van der Waals surface area contributed by atoms with Crippen molar-refractivity contribution in [2.24, 2.45) is 0 Å². The third-order valence-electron chi connectivity index (χ3n) is 5.66. The molecular formula is C24H23NO8. The highest BCUT2D eigenvalue weighted by molar-refractivity contribution is 6.19. The third kappa shape index (κ3) is 4.82. The second kappa shape index (κ2) is 9.32. The molecule has 0 unspecified atom stereocenters. The van der Waals surface area contributed by atoms with Gasteiger partial charge in [0.05, 0.1) is 23.7 Å². The van der Waals surface area contributed by atoms with E-state index in [-0.39, 0.29) is 29.4 Å². The van der Waals surface area contributed by atoms with Gasteiger partial charge in [0, 0.05) is 12.8 Å². The second-order valence-electron chi connectivity index (χ2n) is 7.90. The summed E-state index contributed by atoms with van der Waals surface area (Å²) in [5.41, 5.74) is 0.101. The number of nitrogens with zero attached hydrogens (tertiary/aromatic N) is 1. The fourth-order valence-corrected chi connectivity index (χ4v) is 3.97. The van der Waals surface area contributed by atoms with Crippen LogP contribution >= 0.6 is 0 Å². The van der Waals surface area contributed by atoms with E-state index in [9.17, 15) is 19.7 Å². The SMILES string of the molecule is COc1cc(C=C2C(=O)OC3(CCCCC3)OC2=O)c([N+](=O)[O-])cc1OCc1ccccc1. The van der Waals surface area contributed by atoms with Gasteiger partial charge in [-0.05, 0) is 30.5 Å². The molecule has 9 nitrogen and oxygen atoms in total. The van der Waals surface area contributed by atoms with Gasteiger partial charge < -0.3 is 18.9 Å². The highest BCUT2D eigenvalue weighted by atomic mass is 16.7. The molecule has 0 radical (unpaired) electrons. The van der Waals surface area contributed by atoms with Crippen LogP contribution in [-0.2, 0) is 25.7 Å². The molecule has 0 atom stereocenters. The Morgan fingerprint density at radius 3 is 2.30 bits per heavy atom. The first-order valence-electron chi connectivity index (χ1n) is 10.6. The van der Waals surface area contributed by atoms with E-state index in [1.807, 2.05) is 30.3 Å². The predicted octanol–water partition coefficient (Wildman–Crippen LogP) is 4.33. The van der Waals surface area contributed by atoms with E-state index < -0.39 is 28.2 Å². The highest BCUT2D eigenvalue weighted by Gasteiger charge is 2.46. The number of benzene rings is 2. The summed E-state index contributed by atoms with van der Waals surface area (Å²) in [5, 5.41) is 11.7. The van der Waals surface area contributed by atoms with Crippen LogP contribution in [-0.4, -0.2) is 29.8 Å². The maximum absolute atomic E-state index is 12.6. The fourth-order valence-electron chi connectivity index (χ4n) is 3.97. The Morgan fingerprint density at radius 2 is 1.70 bits per heavy atom. The van der Waals surface area contributed by atoms with E-state index in [2.05, 4.69) is 0 Å². The summed E-state index contributed by atoms with van der Waals surface area (Å²) >= 11 is 0. The summed E-state index contributed by atoms with van der Waals surface area (Å²) in [5.74, 6) is -2.57. The molecule has 172 valence electrons. The summed E-state index contributed by atoms with van der Waals surface area (Å²) in [4.78, 5) is 36.4. The first-order chi connectivity index (χ1) is 15.9. The van der Waals surface area contributed by atoms with Gasteiger partial charge in [-0.25, -0.2) is 9.59 Å². The van der Waals surface area contributed by atoms with Crippen molar-refractivity contribution in [1.82, 2.24) is 0 Å². The van der Waals surface area contributed by atoms with Crippen molar-refractivity contribution in [3.8, 4) is 11.5 Å². The highest BCUT2D eigenvalue weighted by Crippen LogP contribution is 2.39. The summed E-state index contributed by atoms with van der Waals surface area (Å²) in [6, 6.07) is 11.8. The molecule has 0 aromatic heterocycles. The average Bonchev–Trinajstić information content (AvgIpc) is 2.81. The number of hydrogen-bond donors (Lipinski definition) is 0. The Hall–Kier alpha value is -3.88. The summed E-state index contributed by atoms with van der Waals surface area (Å²) < 4.78 is 22.0. The van der Waals surface area contributed by atoms with E-state index in [0.29, 0.717) is 12.8 Å². The molecule has 1 saturated heterocycles. The molecule has 33 heavy (non-hydrogen) atoms. The van der Waals surface area contributed by atoms with E-state index in [1.165, 1.54) is 19.2 Å². The number of esters is 2. The summed E-state index contributed by atoms with van der Waals surface area (Å²) in [7, 11) is 1.39. The normalized spacial score (nSPS) is 17.2. The molecule has 4 rings (SSSR count). The lowest BCUT2D eigenvalue weighted by molar-refractivity contribution is -0.385. The monoisotopic (exact) mass is 453 g/mol. The lowest BCUT2D eigenvalue weighted by atomic mass is 9.93. The van der Waals surface area contributed by atoms with Crippen LogP contribution in [0, 0.1) is 10.1 Å². The second-order valence-corrected chi connectivity index (χ2v) is 7.90. The number of rotatable bonds is 6. The number of carbonyl (C=O) groups excluding carboxylic acids is 2. The lowest BCUT2D eigenvalue weighted by Gasteiger charge is -2.38. The quantitative estimate of drug-likeness (QED) is 0.209. The molecule has 0 bridgehead atoms. The predicted molar refractivity (Wildman–Crippen MR) is 116 cm³/mol. The lowest BCUT2D eigenvalue weighted by Crippen LogP contribution is -2.47. The fraction of sp³-hybridized carbons (Fsp3) is 0.333. The molecule has 0 amide bonds. The molecule has 1 aliphatic heterocycles. The molecule has 1 spiro atoms. The molecule has 2 aliphatic rings. The molecule has 2 aromatic carbocycles. The molecule has 2 fully saturated rings. The Kier molecular flexibility index (Phi) is 6.30. The first kappa shape index (κ1) is 22.3. The first-order valence-corrected chi connectivity index (χ1v) is 10.6. The van der Waals surface area contributed by atoms with Crippen LogP contribution in [0.2, 0.25) is 0 Å².